The zero-order chi connectivity index (χ0) is 12.5. The Labute approximate surface area is 116 Å². The lowest BCUT2D eigenvalue weighted by Gasteiger charge is -2.17. The molecule has 0 atom stereocenters. The van der Waals surface area contributed by atoms with Gasteiger partial charge in [0.2, 0.25) is 0 Å². The molecule has 1 saturated heterocycles. The lowest BCUT2D eigenvalue weighted by molar-refractivity contribution is 0.0697. The molecule has 2 aromatic rings. The normalized spacial score (nSPS) is 14.4. The SMILES string of the molecule is Cl.O=C(O)c1ccc2c(N3CCCC3)ncnc2c1. The van der Waals surface area contributed by atoms with Gasteiger partial charge in [-0.25, -0.2) is 14.8 Å². The highest BCUT2D eigenvalue weighted by Crippen LogP contribution is 2.26. The van der Waals surface area contributed by atoms with Gasteiger partial charge in [0.1, 0.15) is 12.1 Å². The number of fused-ring (bicyclic) bond motifs is 1. The van der Waals surface area contributed by atoms with Gasteiger partial charge in [-0.05, 0) is 31.0 Å². The van der Waals surface area contributed by atoms with E-state index >= 15 is 0 Å². The Morgan fingerprint density at radius 2 is 1.95 bits per heavy atom. The molecular weight excluding hydrogens is 266 g/mol. The first kappa shape index (κ1) is 13.5. The molecule has 0 spiro atoms. The molecule has 19 heavy (non-hydrogen) atoms. The molecule has 1 aromatic heterocycles. The van der Waals surface area contributed by atoms with Crippen LogP contribution < -0.4 is 4.90 Å². The van der Waals surface area contributed by atoms with Crippen molar-refractivity contribution in [1.29, 1.82) is 0 Å². The van der Waals surface area contributed by atoms with Gasteiger partial charge in [-0.3, -0.25) is 0 Å². The van der Waals surface area contributed by atoms with Crippen molar-refractivity contribution >= 4 is 35.1 Å². The van der Waals surface area contributed by atoms with Crippen LogP contribution >= 0.6 is 12.4 Å². The molecule has 0 bridgehead atoms. The molecule has 0 saturated carbocycles. The number of anilines is 1. The molecule has 0 radical (unpaired) electrons. The summed E-state index contributed by atoms with van der Waals surface area (Å²) in [6, 6.07) is 5.00. The first-order valence-corrected chi connectivity index (χ1v) is 5.99. The second kappa shape index (κ2) is 5.40. The molecule has 0 amide bonds. The summed E-state index contributed by atoms with van der Waals surface area (Å²) >= 11 is 0. The molecule has 0 unspecified atom stereocenters. The van der Waals surface area contributed by atoms with Gasteiger partial charge in [-0.2, -0.15) is 0 Å². The van der Waals surface area contributed by atoms with Crippen molar-refractivity contribution < 1.29 is 9.90 Å². The van der Waals surface area contributed by atoms with Gasteiger partial charge >= 0.3 is 5.97 Å². The molecule has 5 nitrogen and oxygen atoms in total. The van der Waals surface area contributed by atoms with E-state index in [9.17, 15) is 4.79 Å². The van der Waals surface area contributed by atoms with E-state index in [1.54, 1.807) is 18.2 Å². The average Bonchev–Trinajstić information content (AvgIpc) is 2.91. The number of carboxylic acid groups (broad SMARTS) is 1. The molecule has 2 heterocycles. The van der Waals surface area contributed by atoms with Crippen LogP contribution in [-0.2, 0) is 0 Å². The molecular formula is C13H14ClN3O2. The number of aromatic carboxylic acids is 1. The largest absolute Gasteiger partial charge is 0.478 e. The molecule has 0 aliphatic carbocycles. The van der Waals surface area contributed by atoms with Crippen LogP contribution in [0.5, 0.6) is 0 Å². The summed E-state index contributed by atoms with van der Waals surface area (Å²) in [5.41, 5.74) is 0.945. The van der Waals surface area contributed by atoms with E-state index < -0.39 is 5.97 Å². The van der Waals surface area contributed by atoms with E-state index in [1.165, 1.54) is 19.2 Å². The summed E-state index contributed by atoms with van der Waals surface area (Å²) < 4.78 is 0. The van der Waals surface area contributed by atoms with Crippen LogP contribution in [0, 0.1) is 0 Å². The van der Waals surface area contributed by atoms with Crippen LogP contribution in [-0.4, -0.2) is 34.1 Å². The highest BCUT2D eigenvalue weighted by Gasteiger charge is 2.17. The van der Waals surface area contributed by atoms with Crippen LogP contribution in [0.25, 0.3) is 10.9 Å². The maximum Gasteiger partial charge on any atom is 0.335 e. The third-order valence-corrected chi connectivity index (χ3v) is 3.27. The van der Waals surface area contributed by atoms with E-state index in [4.69, 9.17) is 5.11 Å². The zero-order valence-corrected chi connectivity index (χ0v) is 11.1. The van der Waals surface area contributed by atoms with Gasteiger partial charge < -0.3 is 10.0 Å². The number of aromatic nitrogens is 2. The number of benzene rings is 1. The summed E-state index contributed by atoms with van der Waals surface area (Å²) in [4.78, 5) is 21.6. The molecule has 1 N–H and O–H groups in total. The zero-order valence-electron chi connectivity index (χ0n) is 10.2. The predicted octanol–water partition coefficient (Wildman–Crippen LogP) is 2.35. The first-order valence-electron chi connectivity index (χ1n) is 5.99. The van der Waals surface area contributed by atoms with Gasteiger partial charge in [-0.15, -0.1) is 12.4 Å². The number of hydrogen-bond acceptors (Lipinski definition) is 4. The van der Waals surface area contributed by atoms with Crippen molar-refractivity contribution in [3.8, 4) is 0 Å². The minimum absolute atomic E-state index is 0. The first-order chi connectivity index (χ1) is 8.75. The van der Waals surface area contributed by atoms with Crippen molar-refractivity contribution in [3.63, 3.8) is 0 Å². The molecule has 100 valence electrons. The van der Waals surface area contributed by atoms with Gasteiger partial charge in [0.15, 0.2) is 0 Å². The minimum Gasteiger partial charge on any atom is -0.478 e. The summed E-state index contributed by atoms with van der Waals surface area (Å²) in [5, 5.41) is 9.89. The Kier molecular flexibility index (Phi) is 3.85. The fraction of sp³-hybridized carbons (Fsp3) is 0.308. The Morgan fingerprint density at radius 3 is 2.63 bits per heavy atom. The molecule has 1 aliphatic rings. The van der Waals surface area contributed by atoms with E-state index in [0.717, 1.165) is 24.3 Å². The fourth-order valence-electron chi connectivity index (χ4n) is 2.36. The molecule has 1 aromatic carbocycles. The van der Waals surface area contributed by atoms with Crippen molar-refractivity contribution in [3.05, 3.63) is 30.1 Å². The Balaban J connectivity index is 0.00000133. The quantitative estimate of drug-likeness (QED) is 0.914. The van der Waals surface area contributed by atoms with E-state index in [1.807, 2.05) is 0 Å². The fourth-order valence-corrected chi connectivity index (χ4v) is 2.36. The lowest BCUT2D eigenvalue weighted by Crippen LogP contribution is -2.19. The number of nitrogens with zero attached hydrogens (tertiary/aromatic N) is 3. The van der Waals surface area contributed by atoms with Crippen LogP contribution in [0.1, 0.15) is 23.2 Å². The van der Waals surface area contributed by atoms with Crippen molar-refractivity contribution in [2.24, 2.45) is 0 Å². The molecule has 1 fully saturated rings. The van der Waals surface area contributed by atoms with Gasteiger partial charge in [0.25, 0.3) is 0 Å². The van der Waals surface area contributed by atoms with E-state index in [0.29, 0.717) is 5.52 Å². The van der Waals surface area contributed by atoms with Crippen LogP contribution in [0.4, 0.5) is 5.82 Å². The summed E-state index contributed by atoms with van der Waals surface area (Å²) in [5.74, 6) is -0.0207. The number of hydrogen-bond donors (Lipinski definition) is 1. The van der Waals surface area contributed by atoms with Crippen LogP contribution in [0.3, 0.4) is 0 Å². The summed E-state index contributed by atoms with van der Waals surface area (Å²) in [7, 11) is 0. The van der Waals surface area contributed by atoms with Crippen molar-refractivity contribution in [2.75, 3.05) is 18.0 Å². The maximum atomic E-state index is 10.9. The third-order valence-electron chi connectivity index (χ3n) is 3.27. The standard InChI is InChI=1S/C13H13N3O2.ClH/c17-13(18)9-3-4-10-11(7-9)14-8-15-12(10)16-5-1-2-6-16;/h3-4,7-8H,1-2,5-6H2,(H,17,18);1H. The number of carbonyl (C=O) groups is 1. The Hall–Kier alpha value is -1.88. The Morgan fingerprint density at radius 1 is 1.21 bits per heavy atom. The highest BCUT2D eigenvalue weighted by atomic mass is 35.5. The second-order valence-corrected chi connectivity index (χ2v) is 4.43. The molecule has 3 rings (SSSR count). The number of halogens is 1. The number of carboxylic acids is 1. The van der Waals surface area contributed by atoms with Crippen molar-refractivity contribution in [2.45, 2.75) is 12.8 Å². The summed E-state index contributed by atoms with van der Waals surface area (Å²) in [6.45, 7) is 2.01. The van der Waals surface area contributed by atoms with E-state index in [-0.39, 0.29) is 18.0 Å². The smallest absolute Gasteiger partial charge is 0.335 e. The van der Waals surface area contributed by atoms with Gasteiger partial charge in [0.05, 0.1) is 11.1 Å². The number of rotatable bonds is 2. The van der Waals surface area contributed by atoms with Crippen LogP contribution in [0.2, 0.25) is 0 Å². The highest BCUT2D eigenvalue weighted by molar-refractivity contribution is 5.96. The Bertz CT molecular complexity index is 612. The third kappa shape index (κ3) is 2.46. The summed E-state index contributed by atoms with van der Waals surface area (Å²) in [6.07, 6.45) is 3.86. The topological polar surface area (TPSA) is 66.3 Å². The van der Waals surface area contributed by atoms with Gasteiger partial charge in [0, 0.05) is 18.5 Å². The van der Waals surface area contributed by atoms with Crippen molar-refractivity contribution in [1.82, 2.24) is 9.97 Å². The minimum atomic E-state index is -0.932. The second-order valence-electron chi connectivity index (χ2n) is 4.43. The van der Waals surface area contributed by atoms with E-state index in [2.05, 4.69) is 14.9 Å². The van der Waals surface area contributed by atoms with Gasteiger partial charge in [-0.1, -0.05) is 0 Å². The predicted molar refractivity (Wildman–Crippen MR) is 75.2 cm³/mol. The van der Waals surface area contributed by atoms with Crippen LogP contribution in [0.15, 0.2) is 24.5 Å². The molecule has 1 aliphatic heterocycles. The maximum absolute atomic E-state index is 10.9. The lowest BCUT2D eigenvalue weighted by atomic mass is 10.1. The molecule has 6 heteroatoms. The average molecular weight is 280 g/mol. The monoisotopic (exact) mass is 279 g/mol.